The van der Waals surface area contributed by atoms with E-state index in [1.54, 1.807) is 11.1 Å². The summed E-state index contributed by atoms with van der Waals surface area (Å²) in [7, 11) is 1.88. The third-order valence-electron chi connectivity index (χ3n) is 9.64. The summed E-state index contributed by atoms with van der Waals surface area (Å²) in [6, 6.07) is 13.2. The van der Waals surface area contributed by atoms with E-state index in [0.29, 0.717) is 23.6 Å². The van der Waals surface area contributed by atoms with Gasteiger partial charge in [-0.15, -0.1) is 0 Å². The topological polar surface area (TPSA) is 86.6 Å². The molecular weight excluding hydrogens is 502 g/mol. The Bertz CT molecular complexity index is 1460. The van der Waals surface area contributed by atoms with E-state index in [4.69, 9.17) is 4.98 Å². The minimum absolute atomic E-state index is 0.189. The van der Waals surface area contributed by atoms with E-state index in [2.05, 4.69) is 57.4 Å². The number of carbonyl (C=O) groups excluding carboxylic acids is 2. The molecule has 9 nitrogen and oxygen atoms in total. The molecule has 4 aliphatic rings. The Labute approximate surface area is 235 Å². The zero-order valence-corrected chi connectivity index (χ0v) is 23.4. The number of nitrogens with zero attached hydrogens (tertiary/aromatic N) is 6. The smallest absolute Gasteiger partial charge is 0.329 e. The number of imidazole rings is 1. The molecule has 2 aromatic heterocycles. The SMILES string of the molecule is C[C@@H]1c2nc(-c3ncc(N4CCC(=O)NC4=O)n3C)ccc2CN1Cc1ccc(N2CCC3(CCCC3)C2)cc1. The average molecular weight is 540 g/mol. The Morgan fingerprint density at radius 2 is 1.82 bits per heavy atom. The van der Waals surface area contributed by atoms with Gasteiger partial charge in [-0.1, -0.05) is 31.0 Å². The van der Waals surface area contributed by atoms with Crippen LogP contribution in [0.4, 0.5) is 16.3 Å². The van der Waals surface area contributed by atoms with Crippen LogP contribution in [0.1, 0.15) is 68.3 Å². The lowest BCUT2D eigenvalue weighted by Crippen LogP contribution is -2.50. The normalized spacial score (nSPS) is 22.4. The van der Waals surface area contributed by atoms with Crippen LogP contribution in [0, 0.1) is 5.41 Å². The lowest BCUT2D eigenvalue weighted by molar-refractivity contribution is -0.120. The van der Waals surface area contributed by atoms with Crippen LogP contribution in [-0.2, 0) is 24.9 Å². The highest BCUT2D eigenvalue weighted by Crippen LogP contribution is 2.46. The molecule has 0 unspecified atom stereocenters. The predicted octanol–water partition coefficient (Wildman–Crippen LogP) is 4.78. The van der Waals surface area contributed by atoms with E-state index in [-0.39, 0.29) is 18.4 Å². The van der Waals surface area contributed by atoms with Crippen molar-refractivity contribution >= 4 is 23.4 Å². The molecule has 2 saturated heterocycles. The predicted molar refractivity (Wildman–Crippen MR) is 154 cm³/mol. The van der Waals surface area contributed by atoms with Gasteiger partial charge in [-0.2, -0.15) is 0 Å². The molecule has 0 bridgehead atoms. The molecule has 3 aromatic rings. The summed E-state index contributed by atoms with van der Waals surface area (Å²) in [6.07, 6.45) is 8.92. The van der Waals surface area contributed by atoms with Crippen LogP contribution in [0.2, 0.25) is 0 Å². The van der Waals surface area contributed by atoms with Gasteiger partial charge in [0, 0.05) is 51.9 Å². The second-order valence-corrected chi connectivity index (χ2v) is 12.1. The number of carbonyl (C=O) groups is 2. The summed E-state index contributed by atoms with van der Waals surface area (Å²) >= 11 is 0. The summed E-state index contributed by atoms with van der Waals surface area (Å²) < 4.78 is 1.87. The third-order valence-corrected chi connectivity index (χ3v) is 9.64. The minimum Gasteiger partial charge on any atom is -0.371 e. The molecule has 40 heavy (non-hydrogen) atoms. The molecule has 1 aliphatic carbocycles. The first kappa shape index (κ1) is 25.3. The highest BCUT2D eigenvalue weighted by Gasteiger charge is 2.40. The zero-order valence-electron chi connectivity index (χ0n) is 23.4. The van der Waals surface area contributed by atoms with Crippen LogP contribution in [0.15, 0.2) is 42.6 Å². The Balaban J connectivity index is 1.04. The number of pyridine rings is 1. The molecule has 0 radical (unpaired) electrons. The van der Waals surface area contributed by atoms with Crippen LogP contribution in [0.25, 0.3) is 11.5 Å². The first-order valence-corrected chi connectivity index (χ1v) is 14.6. The second-order valence-electron chi connectivity index (χ2n) is 12.1. The van der Waals surface area contributed by atoms with Gasteiger partial charge < -0.3 is 9.47 Å². The number of fused-ring (bicyclic) bond motifs is 1. The molecule has 3 fully saturated rings. The van der Waals surface area contributed by atoms with Gasteiger partial charge in [0.05, 0.1) is 17.9 Å². The van der Waals surface area contributed by atoms with Gasteiger partial charge in [0.2, 0.25) is 5.91 Å². The van der Waals surface area contributed by atoms with Gasteiger partial charge in [-0.05, 0) is 60.9 Å². The summed E-state index contributed by atoms with van der Waals surface area (Å²) in [5.41, 5.74) is 6.38. The third kappa shape index (κ3) is 4.36. The molecule has 9 heteroatoms. The lowest BCUT2D eigenvalue weighted by Gasteiger charge is -2.26. The fraction of sp³-hybridized carbons (Fsp3) is 0.484. The summed E-state index contributed by atoms with van der Waals surface area (Å²) in [5, 5.41) is 2.38. The van der Waals surface area contributed by atoms with Crippen LogP contribution in [0.5, 0.6) is 0 Å². The van der Waals surface area contributed by atoms with Gasteiger partial charge >= 0.3 is 6.03 Å². The first-order valence-electron chi connectivity index (χ1n) is 14.6. The average Bonchev–Trinajstić information content (AvgIpc) is 3.74. The monoisotopic (exact) mass is 539 g/mol. The maximum absolute atomic E-state index is 12.4. The fourth-order valence-electron chi connectivity index (χ4n) is 7.25. The van der Waals surface area contributed by atoms with Gasteiger partial charge in [-0.3, -0.25) is 19.9 Å². The fourth-order valence-corrected chi connectivity index (χ4v) is 7.25. The Morgan fingerprint density at radius 1 is 1.02 bits per heavy atom. The molecule has 3 amide bonds. The van der Waals surface area contributed by atoms with Crippen molar-refractivity contribution in [3.63, 3.8) is 0 Å². The molecule has 1 spiro atoms. The van der Waals surface area contributed by atoms with Crippen molar-refractivity contribution < 1.29 is 9.59 Å². The van der Waals surface area contributed by atoms with Crippen molar-refractivity contribution in [3.05, 3.63) is 59.4 Å². The molecule has 1 N–H and O–H groups in total. The number of rotatable bonds is 5. The number of nitrogens with one attached hydrogen (secondary N) is 1. The lowest BCUT2D eigenvalue weighted by atomic mass is 9.86. The van der Waals surface area contributed by atoms with Gasteiger partial charge in [0.1, 0.15) is 11.5 Å². The molecule has 5 heterocycles. The van der Waals surface area contributed by atoms with Crippen molar-refractivity contribution in [1.82, 2.24) is 24.8 Å². The van der Waals surface area contributed by atoms with Crippen molar-refractivity contribution in [1.29, 1.82) is 0 Å². The maximum atomic E-state index is 12.4. The summed E-state index contributed by atoms with van der Waals surface area (Å²) in [5.74, 6) is 1.10. The number of anilines is 2. The number of aromatic nitrogens is 3. The molecule has 7 rings (SSSR count). The molecule has 3 aliphatic heterocycles. The Morgan fingerprint density at radius 3 is 2.60 bits per heavy atom. The molecular formula is C31H37N7O2. The van der Waals surface area contributed by atoms with Crippen molar-refractivity contribution in [2.75, 3.05) is 29.4 Å². The van der Waals surface area contributed by atoms with Crippen molar-refractivity contribution in [3.8, 4) is 11.5 Å². The Hall–Kier alpha value is -3.72. The quantitative estimate of drug-likeness (QED) is 0.503. The minimum atomic E-state index is -0.414. The largest absolute Gasteiger partial charge is 0.371 e. The zero-order chi connectivity index (χ0) is 27.4. The van der Waals surface area contributed by atoms with Gasteiger partial charge in [0.25, 0.3) is 0 Å². The summed E-state index contributed by atoms with van der Waals surface area (Å²) in [6.45, 7) is 6.73. The Kier molecular flexibility index (Phi) is 6.14. The van der Waals surface area contributed by atoms with Gasteiger partial charge in [0.15, 0.2) is 5.82 Å². The van der Waals surface area contributed by atoms with Crippen molar-refractivity contribution in [2.45, 2.75) is 64.6 Å². The number of imide groups is 1. The molecule has 1 atom stereocenters. The van der Waals surface area contributed by atoms with E-state index < -0.39 is 6.03 Å². The highest BCUT2D eigenvalue weighted by molar-refractivity contribution is 6.05. The van der Waals surface area contributed by atoms with E-state index in [0.717, 1.165) is 24.5 Å². The first-order chi connectivity index (χ1) is 19.4. The molecule has 1 aromatic carbocycles. The van der Waals surface area contributed by atoms with E-state index in [9.17, 15) is 9.59 Å². The van der Waals surface area contributed by atoms with Crippen LogP contribution < -0.4 is 15.1 Å². The number of hydrogen-bond donors (Lipinski definition) is 1. The number of amides is 3. The summed E-state index contributed by atoms with van der Waals surface area (Å²) in [4.78, 5) is 40.2. The van der Waals surface area contributed by atoms with Gasteiger partial charge in [-0.25, -0.2) is 14.8 Å². The van der Waals surface area contributed by atoms with Crippen LogP contribution in [-0.4, -0.2) is 51.0 Å². The van der Waals surface area contributed by atoms with E-state index in [1.165, 1.54) is 62.0 Å². The van der Waals surface area contributed by atoms with E-state index in [1.807, 2.05) is 17.7 Å². The number of hydrogen-bond acceptors (Lipinski definition) is 6. The molecule has 1 saturated carbocycles. The molecule has 208 valence electrons. The number of benzene rings is 1. The maximum Gasteiger partial charge on any atom is 0.329 e. The van der Waals surface area contributed by atoms with E-state index >= 15 is 0 Å². The van der Waals surface area contributed by atoms with Crippen molar-refractivity contribution in [2.24, 2.45) is 12.5 Å². The number of urea groups is 1. The van der Waals surface area contributed by atoms with Crippen LogP contribution in [0.3, 0.4) is 0 Å². The highest BCUT2D eigenvalue weighted by atomic mass is 16.2. The van der Waals surface area contributed by atoms with Crippen LogP contribution >= 0.6 is 0 Å². The standard InChI is InChI=1S/C31H37N7O2/c1-21-28-23(7-10-25(33-28)29-32-17-27(35(29)2)38-15-11-26(39)34-30(38)40)19-37(21)18-22-5-8-24(9-6-22)36-16-14-31(20-36)12-3-4-13-31/h5-10,17,21H,3-4,11-16,18-20H2,1-2H3,(H,34,39,40)/t21-/m1/s1. The second kappa shape index (κ2) is 9.73.